The minimum atomic E-state index is -0.933. The monoisotopic (exact) mass is 415 g/mol. The van der Waals surface area contributed by atoms with Gasteiger partial charge in [-0.25, -0.2) is 0 Å². The van der Waals surface area contributed by atoms with E-state index >= 15 is 0 Å². The molecule has 0 spiro atoms. The Balaban J connectivity index is 1.61. The molecule has 1 unspecified atom stereocenters. The second-order valence-electron chi connectivity index (χ2n) is 7.72. The molecule has 1 N–H and O–H groups in total. The van der Waals surface area contributed by atoms with Gasteiger partial charge in [0.2, 0.25) is 0 Å². The topological polar surface area (TPSA) is 64.6 Å². The lowest BCUT2D eigenvalue weighted by molar-refractivity contribution is 0.0991. The second kappa shape index (κ2) is 10.6. The molecule has 6 heteroatoms. The first-order chi connectivity index (χ1) is 14.0. The van der Waals surface area contributed by atoms with Crippen LogP contribution in [-0.4, -0.2) is 35.2 Å². The SMILES string of the molecule is CC(C)COc1cccc(C(=O)Nc2cccc(CS(=O)C3CCOCC3)c2)c1. The van der Waals surface area contributed by atoms with Crippen molar-refractivity contribution in [2.45, 2.75) is 37.7 Å². The van der Waals surface area contributed by atoms with Crippen molar-refractivity contribution < 1.29 is 18.5 Å². The van der Waals surface area contributed by atoms with Crippen molar-refractivity contribution in [1.82, 2.24) is 0 Å². The van der Waals surface area contributed by atoms with Crippen molar-refractivity contribution in [2.75, 3.05) is 25.1 Å². The van der Waals surface area contributed by atoms with Gasteiger partial charge in [-0.1, -0.05) is 32.0 Å². The minimum absolute atomic E-state index is 0.190. The molecule has 0 aromatic heterocycles. The molecule has 3 rings (SSSR count). The number of hydrogen-bond acceptors (Lipinski definition) is 4. The number of anilines is 1. The summed E-state index contributed by atoms with van der Waals surface area (Å²) in [5.41, 5.74) is 2.20. The third kappa shape index (κ3) is 6.68. The van der Waals surface area contributed by atoms with Gasteiger partial charge in [0, 0.05) is 46.3 Å². The Labute approximate surface area is 175 Å². The van der Waals surface area contributed by atoms with Crippen LogP contribution in [0, 0.1) is 5.92 Å². The molecule has 0 saturated carbocycles. The summed E-state index contributed by atoms with van der Waals surface area (Å²) in [6, 6.07) is 14.8. The second-order valence-corrected chi connectivity index (χ2v) is 9.44. The average molecular weight is 416 g/mol. The summed E-state index contributed by atoms with van der Waals surface area (Å²) in [4.78, 5) is 12.6. The summed E-state index contributed by atoms with van der Waals surface area (Å²) in [5, 5.41) is 3.12. The minimum Gasteiger partial charge on any atom is -0.493 e. The van der Waals surface area contributed by atoms with Crippen LogP contribution in [0.2, 0.25) is 0 Å². The number of benzene rings is 2. The Bertz CT molecular complexity index is 846. The maximum absolute atomic E-state index is 12.6. The molecular formula is C23H29NO4S. The molecule has 1 heterocycles. The van der Waals surface area contributed by atoms with Crippen molar-refractivity contribution in [3.8, 4) is 5.75 Å². The Morgan fingerprint density at radius 1 is 1.17 bits per heavy atom. The fourth-order valence-electron chi connectivity index (χ4n) is 3.15. The molecule has 1 amide bonds. The highest BCUT2D eigenvalue weighted by atomic mass is 32.2. The molecule has 0 radical (unpaired) electrons. The highest BCUT2D eigenvalue weighted by Gasteiger charge is 2.20. The number of ether oxygens (including phenoxy) is 2. The number of nitrogens with one attached hydrogen (secondary N) is 1. The van der Waals surface area contributed by atoms with Crippen LogP contribution in [0.1, 0.15) is 42.6 Å². The van der Waals surface area contributed by atoms with Crippen LogP contribution in [0.5, 0.6) is 5.75 Å². The number of hydrogen-bond donors (Lipinski definition) is 1. The van der Waals surface area contributed by atoms with Gasteiger partial charge >= 0.3 is 0 Å². The first kappa shape index (κ1) is 21.5. The van der Waals surface area contributed by atoms with Gasteiger partial charge in [-0.2, -0.15) is 0 Å². The van der Waals surface area contributed by atoms with Crippen LogP contribution in [0.15, 0.2) is 48.5 Å². The van der Waals surface area contributed by atoms with Gasteiger partial charge in [-0.3, -0.25) is 9.00 Å². The van der Waals surface area contributed by atoms with E-state index in [-0.39, 0.29) is 11.2 Å². The number of amides is 1. The molecule has 0 aliphatic carbocycles. The summed E-state index contributed by atoms with van der Waals surface area (Å²) in [6.45, 7) is 6.15. The van der Waals surface area contributed by atoms with E-state index < -0.39 is 10.8 Å². The lowest BCUT2D eigenvalue weighted by atomic mass is 10.1. The largest absolute Gasteiger partial charge is 0.493 e. The van der Waals surface area contributed by atoms with E-state index in [1.165, 1.54) is 0 Å². The molecule has 29 heavy (non-hydrogen) atoms. The van der Waals surface area contributed by atoms with Crippen LogP contribution in [0.25, 0.3) is 0 Å². The standard InChI is InChI=1S/C23H29NO4S/c1-17(2)15-28-21-8-4-6-19(14-21)23(25)24-20-7-3-5-18(13-20)16-29(26)22-9-11-27-12-10-22/h3-8,13-14,17,22H,9-12,15-16H2,1-2H3,(H,24,25). The molecule has 1 aliphatic heterocycles. The van der Waals surface area contributed by atoms with E-state index in [0.29, 0.717) is 48.5 Å². The van der Waals surface area contributed by atoms with E-state index in [1.54, 1.807) is 12.1 Å². The lowest BCUT2D eigenvalue weighted by Gasteiger charge is -2.21. The highest BCUT2D eigenvalue weighted by molar-refractivity contribution is 7.84. The molecule has 1 saturated heterocycles. The van der Waals surface area contributed by atoms with E-state index in [9.17, 15) is 9.00 Å². The van der Waals surface area contributed by atoms with E-state index in [1.807, 2.05) is 36.4 Å². The molecule has 1 fully saturated rings. The van der Waals surface area contributed by atoms with Gasteiger partial charge in [-0.15, -0.1) is 0 Å². The van der Waals surface area contributed by atoms with Gasteiger partial charge in [0.1, 0.15) is 5.75 Å². The molecule has 156 valence electrons. The maximum atomic E-state index is 12.6. The van der Waals surface area contributed by atoms with Crippen LogP contribution in [0.4, 0.5) is 5.69 Å². The van der Waals surface area contributed by atoms with Crippen molar-refractivity contribution in [2.24, 2.45) is 5.92 Å². The third-order valence-electron chi connectivity index (χ3n) is 4.71. The summed E-state index contributed by atoms with van der Waals surface area (Å²) in [5.74, 6) is 1.41. The summed E-state index contributed by atoms with van der Waals surface area (Å²) in [7, 11) is -0.933. The van der Waals surface area contributed by atoms with Crippen LogP contribution >= 0.6 is 0 Å². The van der Waals surface area contributed by atoms with Crippen molar-refractivity contribution in [3.05, 3.63) is 59.7 Å². The zero-order chi connectivity index (χ0) is 20.6. The first-order valence-electron chi connectivity index (χ1n) is 10.1. The van der Waals surface area contributed by atoms with Gasteiger partial charge in [0.25, 0.3) is 5.91 Å². The molecular weight excluding hydrogens is 386 g/mol. The van der Waals surface area contributed by atoms with Gasteiger partial charge in [0.05, 0.1) is 6.61 Å². The number of carbonyl (C=O) groups excluding carboxylic acids is 1. The smallest absolute Gasteiger partial charge is 0.255 e. The maximum Gasteiger partial charge on any atom is 0.255 e. The Morgan fingerprint density at radius 2 is 1.93 bits per heavy atom. The van der Waals surface area contributed by atoms with Crippen LogP contribution < -0.4 is 10.1 Å². The predicted octanol–water partition coefficient (Wildman–Crippen LogP) is 4.40. The van der Waals surface area contributed by atoms with Gasteiger partial charge in [0.15, 0.2) is 0 Å². The average Bonchev–Trinajstić information content (AvgIpc) is 2.73. The molecule has 2 aromatic carbocycles. The quantitative estimate of drug-likeness (QED) is 0.694. The third-order valence-corrected chi connectivity index (χ3v) is 6.55. The Kier molecular flexibility index (Phi) is 7.83. The molecule has 1 aliphatic rings. The normalized spacial score (nSPS) is 15.8. The van der Waals surface area contributed by atoms with E-state index in [4.69, 9.17) is 9.47 Å². The summed E-state index contributed by atoms with van der Waals surface area (Å²) < 4.78 is 23.7. The predicted molar refractivity (Wildman–Crippen MR) is 117 cm³/mol. The number of rotatable bonds is 8. The van der Waals surface area contributed by atoms with Crippen molar-refractivity contribution in [3.63, 3.8) is 0 Å². The zero-order valence-electron chi connectivity index (χ0n) is 17.1. The fourth-order valence-corrected chi connectivity index (χ4v) is 4.62. The zero-order valence-corrected chi connectivity index (χ0v) is 17.9. The fraction of sp³-hybridized carbons (Fsp3) is 0.435. The van der Waals surface area contributed by atoms with Gasteiger partial charge in [-0.05, 0) is 54.7 Å². The Hall–Kier alpha value is -2.18. The van der Waals surface area contributed by atoms with Gasteiger partial charge < -0.3 is 14.8 Å². The molecule has 2 aromatic rings. The summed E-state index contributed by atoms with van der Waals surface area (Å²) >= 11 is 0. The van der Waals surface area contributed by atoms with E-state index in [2.05, 4.69) is 19.2 Å². The number of carbonyl (C=O) groups is 1. The highest BCUT2D eigenvalue weighted by Crippen LogP contribution is 2.20. The molecule has 1 atom stereocenters. The molecule has 5 nitrogen and oxygen atoms in total. The van der Waals surface area contributed by atoms with Crippen LogP contribution in [-0.2, 0) is 21.3 Å². The summed E-state index contributed by atoms with van der Waals surface area (Å²) in [6.07, 6.45) is 1.69. The lowest BCUT2D eigenvalue weighted by Crippen LogP contribution is -2.25. The van der Waals surface area contributed by atoms with E-state index in [0.717, 1.165) is 18.4 Å². The van der Waals surface area contributed by atoms with Crippen LogP contribution in [0.3, 0.4) is 0 Å². The Morgan fingerprint density at radius 3 is 2.69 bits per heavy atom. The van der Waals surface area contributed by atoms with Crippen molar-refractivity contribution in [1.29, 1.82) is 0 Å². The first-order valence-corrected chi connectivity index (χ1v) is 11.5. The molecule has 0 bridgehead atoms. The van der Waals surface area contributed by atoms with Crippen molar-refractivity contribution >= 4 is 22.4 Å².